The second-order valence-electron chi connectivity index (χ2n) is 10.1. The number of phenols is 1. The molecule has 0 aromatic heterocycles. The summed E-state index contributed by atoms with van der Waals surface area (Å²) in [4.78, 5) is 28.4. The first-order chi connectivity index (χ1) is 17.3. The third-order valence-electron chi connectivity index (χ3n) is 7.77. The summed E-state index contributed by atoms with van der Waals surface area (Å²) in [5.41, 5.74) is 2.05. The molecular weight excluding hydrogens is 458 g/mol. The van der Waals surface area contributed by atoms with Gasteiger partial charge in [0.15, 0.2) is 11.6 Å². The van der Waals surface area contributed by atoms with E-state index in [9.17, 15) is 19.8 Å². The van der Waals surface area contributed by atoms with Crippen molar-refractivity contribution < 1.29 is 29.3 Å². The number of rotatable bonds is 8. The van der Waals surface area contributed by atoms with Crippen molar-refractivity contribution >= 4 is 11.6 Å². The fourth-order valence-corrected chi connectivity index (χ4v) is 5.73. The zero-order valence-corrected chi connectivity index (χ0v) is 21.5. The van der Waals surface area contributed by atoms with E-state index in [2.05, 4.69) is 0 Å². The number of ether oxygens (including phenoxy) is 2. The van der Waals surface area contributed by atoms with Crippen molar-refractivity contribution in [1.29, 1.82) is 0 Å². The van der Waals surface area contributed by atoms with Gasteiger partial charge >= 0.3 is 0 Å². The molecule has 0 bridgehead atoms. The van der Waals surface area contributed by atoms with Crippen molar-refractivity contribution in [2.75, 3.05) is 34.4 Å². The maximum absolute atomic E-state index is 13.3. The summed E-state index contributed by atoms with van der Waals surface area (Å²) in [7, 11) is 4.80. The fraction of sp³-hybridized carbons (Fsp3) is 0.517. The number of likely N-dealkylation sites (tertiary alicyclic amines) is 1. The molecule has 1 saturated heterocycles. The number of aromatic hydroxyl groups is 1. The zero-order valence-electron chi connectivity index (χ0n) is 21.5. The lowest BCUT2D eigenvalue weighted by molar-refractivity contribution is 0.0618. The number of hydrogen-bond donors (Lipinski definition) is 2. The number of nitrogens with zero attached hydrogens (tertiary/aromatic N) is 1. The highest BCUT2D eigenvalue weighted by atomic mass is 16.5. The number of aliphatic hydroxyl groups excluding tert-OH is 1. The van der Waals surface area contributed by atoms with Crippen molar-refractivity contribution in [3.8, 4) is 17.2 Å². The van der Waals surface area contributed by atoms with Crippen molar-refractivity contribution in [2.24, 2.45) is 0 Å². The van der Waals surface area contributed by atoms with E-state index < -0.39 is 24.2 Å². The topological polar surface area (TPSA) is 96.3 Å². The number of β-amino-alcohol motifs (C(OH)–C–C–N with tert-alkyl or cyclic N) is 1. The second-order valence-corrected chi connectivity index (χ2v) is 10.1. The Hall–Kier alpha value is -2.90. The van der Waals surface area contributed by atoms with Crippen LogP contribution in [0.2, 0.25) is 0 Å². The molecule has 2 aromatic carbocycles. The molecule has 1 heterocycles. The number of carbonyl (C=O) groups excluding carboxylic acids is 2. The molecule has 1 aliphatic carbocycles. The number of ketones is 2. The van der Waals surface area contributed by atoms with Crippen LogP contribution in [0.15, 0.2) is 30.3 Å². The van der Waals surface area contributed by atoms with Gasteiger partial charge in [0.2, 0.25) is 0 Å². The van der Waals surface area contributed by atoms with Crippen LogP contribution < -0.4 is 9.47 Å². The highest BCUT2D eigenvalue weighted by molar-refractivity contribution is 6.15. The summed E-state index contributed by atoms with van der Waals surface area (Å²) in [5.74, 6) is -0.509. The molecule has 7 heteroatoms. The largest absolute Gasteiger partial charge is 0.507 e. The van der Waals surface area contributed by atoms with Gasteiger partial charge < -0.3 is 24.6 Å². The Morgan fingerprint density at radius 1 is 0.972 bits per heavy atom. The van der Waals surface area contributed by atoms with E-state index in [-0.39, 0.29) is 22.8 Å². The molecule has 1 saturated carbocycles. The number of benzene rings is 2. The van der Waals surface area contributed by atoms with Crippen molar-refractivity contribution in [3.63, 3.8) is 0 Å². The third kappa shape index (κ3) is 5.42. The van der Waals surface area contributed by atoms with Gasteiger partial charge in [-0.1, -0.05) is 43.5 Å². The van der Waals surface area contributed by atoms with Crippen LogP contribution in [-0.4, -0.2) is 67.1 Å². The number of carbonyl (C=O) groups is 2. The van der Waals surface area contributed by atoms with Crippen LogP contribution >= 0.6 is 0 Å². The number of aliphatic hydroxyl groups is 1. The summed E-state index contributed by atoms with van der Waals surface area (Å²) in [6.45, 7) is 1.17. The van der Waals surface area contributed by atoms with Crippen LogP contribution in [0, 0.1) is 0 Å². The number of piperidine rings is 1. The van der Waals surface area contributed by atoms with Crippen LogP contribution in [0.1, 0.15) is 88.6 Å². The van der Waals surface area contributed by atoms with Gasteiger partial charge in [0, 0.05) is 29.7 Å². The first-order valence-corrected chi connectivity index (χ1v) is 12.8. The maximum atomic E-state index is 13.3. The average Bonchev–Trinajstić information content (AvgIpc) is 2.89. The lowest BCUT2D eigenvalue weighted by Crippen LogP contribution is -2.40. The van der Waals surface area contributed by atoms with Gasteiger partial charge in [-0.3, -0.25) is 9.59 Å². The molecule has 2 N–H and O–H groups in total. The predicted molar refractivity (Wildman–Crippen MR) is 138 cm³/mol. The molecule has 0 radical (unpaired) electrons. The Morgan fingerprint density at radius 2 is 1.64 bits per heavy atom. The van der Waals surface area contributed by atoms with Crippen LogP contribution in [0.3, 0.4) is 0 Å². The number of phenolic OH excluding ortho intramolecular Hbond substituents is 1. The molecule has 2 atom stereocenters. The van der Waals surface area contributed by atoms with E-state index in [1.54, 1.807) is 18.2 Å². The highest BCUT2D eigenvalue weighted by Crippen LogP contribution is 2.46. The van der Waals surface area contributed by atoms with Gasteiger partial charge in [-0.15, -0.1) is 0 Å². The van der Waals surface area contributed by atoms with E-state index in [0.29, 0.717) is 35.8 Å². The molecule has 0 amide bonds. The predicted octanol–water partition coefficient (Wildman–Crippen LogP) is 4.69. The van der Waals surface area contributed by atoms with Gasteiger partial charge in [-0.05, 0) is 44.3 Å². The van der Waals surface area contributed by atoms with Crippen LogP contribution in [0.5, 0.6) is 17.2 Å². The smallest absolute Gasteiger partial charge is 0.178 e. The first kappa shape index (κ1) is 26.2. The number of Topliss-reactive ketones (excluding diaryl/α,β-unsaturated/α-hetero) is 2. The Kier molecular flexibility index (Phi) is 8.32. The number of hydrogen-bond acceptors (Lipinski definition) is 7. The molecule has 2 unspecified atom stereocenters. The fourth-order valence-electron chi connectivity index (χ4n) is 5.73. The maximum Gasteiger partial charge on any atom is 0.178 e. The summed E-state index contributed by atoms with van der Waals surface area (Å²) < 4.78 is 10.9. The molecule has 36 heavy (non-hydrogen) atoms. The van der Waals surface area contributed by atoms with Gasteiger partial charge in [0.25, 0.3) is 0 Å². The molecule has 2 aliphatic rings. The molecule has 2 fully saturated rings. The van der Waals surface area contributed by atoms with Gasteiger partial charge in [0.1, 0.15) is 22.8 Å². The van der Waals surface area contributed by atoms with Crippen LogP contribution in [0.25, 0.3) is 0 Å². The summed E-state index contributed by atoms with van der Waals surface area (Å²) in [5, 5.41) is 22.0. The van der Waals surface area contributed by atoms with E-state index in [4.69, 9.17) is 9.47 Å². The number of likely N-dealkylation sites (N-methyl/N-ethyl adjacent to an activating group) is 1. The molecule has 4 rings (SSSR count). The van der Waals surface area contributed by atoms with Crippen molar-refractivity contribution in [1.82, 2.24) is 4.90 Å². The van der Waals surface area contributed by atoms with Crippen LogP contribution in [-0.2, 0) is 0 Å². The van der Waals surface area contributed by atoms with Crippen LogP contribution in [0.4, 0.5) is 0 Å². The van der Waals surface area contributed by atoms with E-state index in [1.807, 2.05) is 24.1 Å². The molecule has 7 nitrogen and oxygen atoms in total. The summed E-state index contributed by atoms with van der Waals surface area (Å²) in [6.07, 6.45) is 5.59. The Morgan fingerprint density at radius 3 is 2.25 bits per heavy atom. The van der Waals surface area contributed by atoms with E-state index >= 15 is 0 Å². The van der Waals surface area contributed by atoms with Gasteiger partial charge in [-0.25, -0.2) is 0 Å². The normalized spacial score (nSPS) is 21.2. The molecule has 194 valence electrons. The molecule has 0 spiro atoms. The lowest BCUT2D eigenvalue weighted by atomic mass is 9.83. The van der Waals surface area contributed by atoms with Crippen molar-refractivity contribution in [2.45, 2.75) is 62.9 Å². The quantitative estimate of drug-likeness (QED) is 0.405. The molecule has 2 aromatic rings. The molecule has 1 aliphatic heterocycles. The third-order valence-corrected chi connectivity index (χ3v) is 7.77. The van der Waals surface area contributed by atoms with Gasteiger partial charge in [-0.2, -0.15) is 0 Å². The monoisotopic (exact) mass is 495 g/mol. The van der Waals surface area contributed by atoms with E-state index in [0.717, 1.165) is 6.54 Å². The Labute approximate surface area is 213 Å². The number of methoxy groups -OCH3 is 2. The Balaban J connectivity index is 1.58. The second kappa shape index (κ2) is 11.4. The van der Waals surface area contributed by atoms with Crippen molar-refractivity contribution in [3.05, 3.63) is 52.6 Å². The minimum Gasteiger partial charge on any atom is -0.507 e. The average molecular weight is 496 g/mol. The lowest BCUT2D eigenvalue weighted by Gasteiger charge is -2.35. The highest BCUT2D eigenvalue weighted by Gasteiger charge is 2.35. The first-order valence-electron chi connectivity index (χ1n) is 12.8. The minimum absolute atomic E-state index is 0.0494. The molecular formula is C29H37NO6. The van der Waals surface area contributed by atoms with Gasteiger partial charge in [0.05, 0.1) is 26.7 Å². The van der Waals surface area contributed by atoms with E-state index in [1.165, 1.54) is 51.9 Å². The zero-order chi connectivity index (χ0) is 25.8. The summed E-state index contributed by atoms with van der Waals surface area (Å²) >= 11 is 0. The SMILES string of the molecule is COc1cc(OC)c(C2CCN(C)CC2O)c(O)c1C(=O)CC(=O)c1ccc(C2CCCCC2)cc1. The Bertz CT molecular complexity index is 1090. The standard InChI is InChI=1S/C29H37NO6/c1-30-14-13-21(24(33)17-30)27-25(35-2)16-26(36-3)28(29(27)34)23(32)15-22(31)20-11-9-19(10-12-20)18-7-5-4-6-8-18/h9-12,16,18,21,24,33-34H,4-8,13-15,17H2,1-3H3. The minimum atomic E-state index is -0.732. The summed E-state index contributed by atoms with van der Waals surface area (Å²) in [6, 6.07) is 9.14.